The van der Waals surface area contributed by atoms with Crippen molar-refractivity contribution >= 4 is 11.6 Å². The highest BCUT2D eigenvalue weighted by molar-refractivity contribution is 6.18. The number of alkyl halides is 1. The van der Waals surface area contributed by atoms with Crippen molar-refractivity contribution in [3.63, 3.8) is 0 Å². The van der Waals surface area contributed by atoms with Gasteiger partial charge in [-0.3, -0.25) is 4.90 Å². The van der Waals surface area contributed by atoms with Crippen LogP contribution in [0.15, 0.2) is 18.2 Å². The molecule has 1 aromatic carbocycles. The van der Waals surface area contributed by atoms with Crippen molar-refractivity contribution in [3.8, 4) is 0 Å². The van der Waals surface area contributed by atoms with Crippen molar-refractivity contribution in [2.75, 3.05) is 19.0 Å². The van der Waals surface area contributed by atoms with Crippen LogP contribution in [-0.2, 0) is 12.0 Å². The summed E-state index contributed by atoms with van der Waals surface area (Å²) >= 11 is 6.08. The minimum Gasteiger partial charge on any atom is -0.386 e. The number of halogens is 1. The summed E-state index contributed by atoms with van der Waals surface area (Å²) in [6.07, 6.45) is 7.88. The highest BCUT2D eigenvalue weighted by Gasteiger charge is 2.34. The lowest BCUT2D eigenvalue weighted by molar-refractivity contribution is 0.0779. The third-order valence-electron chi connectivity index (χ3n) is 5.70. The summed E-state index contributed by atoms with van der Waals surface area (Å²) in [5.41, 5.74) is 3.19. The lowest BCUT2D eigenvalue weighted by Crippen LogP contribution is -2.41. The number of hydrogen-bond acceptors (Lipinski definition) is 2. The lowest BCUT2D eigenvalue weighted by Gasteiger charge is -2.43. The number of fused-ring (bicyclic) bond motifs is 1. The molecule has 1 aromatic rings. The van der Waals surface area contributed by atoms with Crippen LogP contribution in [-0.4, -0.2) is 29.0 Å². The molecule has 1 aliphatic carbocycles. The third kappa shape index (κ3) is 3.75. The molecule has 0 amide bonds. The van der Waals surface area contributed by atoms with E-state index in [0.29, 0.717) is 11.9 Å². The van der Waals surface area contributed by atoms with Crippen LogP contribution in [0.5, 0.6) is 0 Å². The zero-order valence-electron chi connectivity index (χ0n) is 14.5. The van der Waals surface area contributed by atoms with Gasteiger partial charge in [-0.05, 0) is 55.7 Å². The summed E-state index contributed by atoms with van der Waals surface area (Å²) in [5, 5.41) is 10.3. The summed E-state index contributed by atoms with van der Waals surface area (Å²) in [6, 6.07) is 7.17. The van der Waals surface area contributed by atoms with Crippen molar-refractivity contribution < 1.29 is 5.11 Å². The molecule has 1 N–H and O–H groups in total. The molecule has 0 radical (unpaired) electrons. The molecule has 1 atom stereocenters. The Morgan fingerprint density at radius 3 is 2.61 bits per heavy atom. The topological polar surface area (TPSA) is 23.5 Å². The van der Waals surface area contributed by atoms with Crippen LogP contribution in [0.4, 0.5) is 0 Å². The molecule has 3 rings (SSSR count). The molecule has 1 unspecified atom stereocenters. The van der Waals surface area contributed by atoms with Crippen LogP contribution >= 0.6 is 11.6 Å². The zero-order valence-corrected chi connectivity index (χ0v) is 15.3. The number of nitrogens with zero attached hydrogens (tertiary/aromatic N) is 1. The van der Waals surface area contributed by atoms with E-state index in [1.807, 2.05) is 13.8 Å². The van der Waals surface area contributed by atoms with Crippen LogP contribution in [0.25, 0.3) is 0 Å². The molecule has 3 heteroatoms. The maximum atomic E-state index is 10.3. The van der Waals surface area contributed by atoms with Crippen LogP contribution in [0, 0.1) is 5.92 Å². The van der Waals surface area contributed by atoms with Crippen LogP contribution < -0.4 is 0 Å². The summed E-state index contributed by atoms with van der Waals surface area (Å²) in [6.45, 7) is 5.82. The molecule has 2 nitrogen and oxygen atoms in total. The summed E-state index contributed by atoms with van der Waals surface area (Å²) < 4.78 is 0. The fraction of sp³-hybridized carbons (Fsp3) is 0.700. The molecular formula is C20H30ClNO. The van der Waals surface area contributed by atoms with Gasteiger partial charge in [0.05, 0.1) is 5.60 Å². The molecule has 1 fully saturated rings. The smallest absolute Gasteiger partial charge is 0.0840 e. The minimum atomic E-state index is -0.761. The zero-order chi connectivity index (χ0) is 16.4. The Balaban J connectivity index is 1.94. The maximum Gasteiger partial charge on any atom is 0.0840 e. The van der Waals surface area contributed by atoms with Gasteiger partial charge in [0.15, 0.2) is 0 Å². The van der Waals surface area contributed by atoms with Gasteiger partial charge < -0.3 is 5.11 Å². The first-order valence-corrected chi connectivity index (χ1v) is 9.70. The van der Waals surface area contributed by atoms with Crippen molar-refractivity contribution in [1.82, 2.24) is 4.90 Å². The normalized spacial score (nSPS) is 23.7. The van der Waals surface area contributed by atoms with Gasteiger partial charge in [-0.15, -0.1) is 11.6 Å². The Hall–Kier alpha value is -0.570. The standard InChI is InChI=1S/C20H30ClNO/c1-20(2,23)17-8-9-18-16(14-17)10-12-22(13-11-21)19(18)15-6-4-3-5-7-15/h8-9,14-15,19,23H,3-7,10-13H2,1-2H3. The van der Waals surface area contributed by atoms with Gasteiger partial charge in [0.2, 0.25) is 0 Å². The number of rotatable bonds is 4. The second kappa shape index (κ2) is 7.13. The lowest BCUT2D eigenvalue weighted by atomic mass is 9.76. The van der Waals surface area contributed by atoms with Crippen molar-refractivity contribution in [2.45, 2.75) is 64.0 Å². The van der Waals surface area contributed by atoms with E-state index >= 15 is 0 Å². The summed E-state index contributed by atoms with van der Waals surface area (Å²) in [5.74, 6) is 1.47. The molecule has 23 heavy (non-hydrogen) atoms. The number of hydrogen-bond donors (Lipinski definition) is 1. The molecule has 1 heterocycles. The van der Waals surface area contributed by atoms with E-state index in [1.54, 1.807) is 0 Å². The fourth-order valence-electron chi connectivity index (χ4n) is 4.45. The van der Waals surface area contributed by atoms with E-state index in [1.165, 1.54) is 43.2 Å². The molecule has 0 aromatic heterocycles. The Morgan fingerprint density at radius 2 is 1.96 bits per heavy atom. The molecular weight excluding hydrogens is 306 g/mol. The van der Waals surface area contributed by atoms with Crippen LogP contribution in [0.1, 0.15) is 68.7 Å². The van der Waals surface area contributed by atoms with Gasteiger partial charge in [-0.1, -0.05) is 37.5 Å². The van der Waals surface area contributed by atoms with Gasteiger partial charge in [-0.25, -0.2) is 0 Å². The first kappa shape index (κ1) is 17.3. The fourth-order valence-corrected chi connectivity index (χ4v) is 4.67. The second-order valence-corrected chi connectivity index (χ2v) is 8.17. The van der Waals surface area contributed by atoms with Crippen LogP contribution in [0.3, 0.4) is 0 Å². The highest BCUT2D eigenvalue weighted by atomic mass is 35.5. The monoisotopic (exact) mass is 335 g/mol. The van der Waals surface area contributed by atoms with Crippen molar-refractivity contribution in [2.24, 2.45) is 5.92 Å². The van der Waals surface area contributed by atoms with E-state index in [4.69, 9.17) is 11.6 Å². The third-order valence-corrected chi connectivity index (χ3v) is 5.87. The predicted molar refractivity (Wildman–Crippen MR) is 97.0 cm³/mol. The van der Waals surface area contributed by atoms with E-state index in [2.05, 4.69) is 23.1 Å². The van der Waals surface area contributed by atoms with Crippen molar-refractivity contribution in [3.05, 3.63) is 34.9 Å². The van der Waals surface area contributed by atoms with Crippen LogP contribution in [0.2, 0.25) is 0 Å². The molecule has 0 spiro atoms. The van der Waals surface area contributed by atoms with Gasteiger partial charge in [0, 0.05) is 25.0 Å². The van der Waals surface area contributed by atoms with Crippen molar-refractivity contribution in [1.29, 1.82) is 0 Å². The van der Waals surface area contributed by atoms with E-state index in [-0.39, 0.29) is 0 Å². The highest BCUT2D eigenvalue weighted by Crippen LogP contribution is 2.42. The Morgan fingerprint density at radius 1 is 1.22 bits per heavy atom. The van der Waals surface area contributed by atoms with E-state index in [9.17, 15) is 5.11 Å². The molecule has 2 aliphatic rings. The quantitative estimate of drug-likeness (QED) is 0.811. The summed E-state index contributed by atoms with van der Waals surface area (Å²) in [4.78, 5) is 2.61. The molecule has 128 valence electrons. The largest absolute Gasteiger partial charge is 0.386 e. The predicted octanol–water partition coefficient (Wildman–Crippen LogP) is 4.63. The van der Waals surface area contributed by atoms with E-state index < -0.39 is 5.60 Å². The number of aliphatic hydroxyl groups is 1. The average Bonchev–Trinajstić information content (AvgIpc) is 2.54. The molecule has 1 aliphatic heterocycles. The maximum absolute atomic E-state index is 10.3. The molecule has 1 saturated carbocycles. The first-order valence-electron chi connectivity index (χ1n) is 9.16. The minimum absolute atomic E-state index is 0.522. The first-order chi connectivity index (χ1) is 11.0. The van der Waals surface area contributed by atoms with Gasteiger partial charge in [0.1, 0.15) is 0 Å². The second-order valence-electron chi connectivity index (χ2n) is 7.79. The summed E-state index contributed by atoms with van der Waals surface area (Å²) in [7, 11) is 0. The van der Waals surface area contributed by atoms with Gasteiger partial charge in [0.25, 0.3) is 0 Å². The Bertz CT molecular complexity index is 531. The average molecular weight is 336 g/mol. The SMILES string of the molecule is CC(C)(O)c1ccc2c(c1)CCN(CCCl)C2C1CCCCC1. The van der Waals surface area contributed by atoms with E-state index in [0.717, 1.165) is 31.0 Å². The Kier molecular flexibility index (Phi) is 5.35. The molecule has 0 saturated heterocycles. The number of benzene rings is 1. The molecule has 0 bridgehead atoms. The Labute approximate surface area is 145 Å². The van der Waals surface area contributed by atoms with Gasteiger partial charge >= 0.3 is 0 Å². The van der Waals surface area contributed by atoms with Gasteiger partial charge in [-0.2, -0.15) is 0 Å².